The highest BCUT2D eigenvalue weighted by atomic mass is 32.2. The Balaban J connectivity index is 1.58. The molecule has 2 atom stereocenters. The summed E-state index contributed by atoms with van der Waals surface area (Å²) in [5, 5.41) is 10.8. The molecular weight excluding hydrogens is 368 g/mol. The first kappa shape index (κ1) is 18.9. The smallest absolute Gasteiger partial charge is 0.317 e. The maximum Gasteiger partial charge on any atom is 0.317 e. The average Bonchev–Trinajstić information content (AvgIpc) is 2.52. The van der Waals surface area contributed by atoms with Gasteiger partial charge in [0.25, 0.3) is 0 Å². The van der Waals surface area contributed by atoms with Crippen molar-refractivity contribution in [3.63, 3.8) is 0 Å². The standard InChI is InChI=1S/C20H26O6S/c1-18(2,22)20-10-13-7-14(11-20)9-19(8-13,12-20)17(21)26-15-3-5-16(6-4-15)27(23,24)25/h3-6,13-14,22H,7-12H2,1-2H3,(H,23,24,25)/p-1. The van der Waals surface area contributed by atoms with Gasteiger partial charge in [0.2, 0.25) is 0 Å². The van der Waals surface area contributed by atoms with E-state index in [1.54, 1.807) is 0 Å². The van der Waals surface area contributed by atoms with Crippen molar-refractivity contribution >= 4 is 16.1 Å². The zero-order chi connectivity index (χ0) is 19.7. The summed E-state index contributed by atoms with van der Waals surface area (Å²) >= 11 is 0. The number of benzene rings is 1. The number of hydrogen-bond donors (Lipinski definition) is 1. The van der Waals surface area contributed by atoms with Crippen LogP contribution in [-0.4, -0.2) is 29.6 Å². The van der Waals surface area contributed by atoms with Crippen LogP contribution in [0.3, 0.4) is 0 Å². The van der Waals surface area contributed by atoms with Crippen LogP contribution in [0.5, 0.6) is 5.75 Å². The Kier molecular flexibility index (Phi) is 4.05. The molecule has 5 rings (SSSR count). The maximum atomic E-state index is 13.1. The zero-order valence-electron chi connectivity index (χ0n) is 15.6. The average molecular weight is 393 g/mol. The van der Waals surface area contributed by atoms with Crippen molar-refractivity contribution in [3.8, 4) is 5.75 Å². The van der Waals surface area contributed by atoms with Gasteiger partial charge >= 0.3 is 5.97 Å². The molecule has 7 heteroatoms. The van der Waals surface area contributed by atoms with Crippen LogP contribution in [0.15, 0.2) is 29.2 Å². The second-order valence-corrected chi connectivity index (χ2v) is 10.8. The normalized spacial score (nSPS) is 35.3. The summed E-state index contributed by atoms with van der Waals surface area (Å²) in [7, 11) is -4.53. The number of carbonyl (C=O) groups excluding carboxylic acids is 1. The van der Waals surface area contributed by atoms with Gasteiger partial charge in [-0.2, -0.15) is 0 Å². The van der Waals surface area contributed by atoms with E-state index in [9.17, 15) is 22.9 Å². The number of aliphatic hydroxyl groups is 1. The number of ether oxygens (including phenoxy) is 1. The predicted molar refractivity (Wildman–Crippen MR) is 95.9 cm³/mol. The molecule has 0 aromatic heterocycles. The molecule has 0 heterocycles. The summed E-state index contributed by atoms with van der Waals surface area (Å²) in [6.45, 7) is 3.70. The molecule has 1 aromatic carbocycles. The van der Waals surface area contributed by atoms with Gasteiger partial charge in [-0.3, -0.25) is 4.79 Å². The van der Waals surface area contributed by atoms with Crippen LogP contribution in [0.4, 0.5) is 0 Å². The molecule has 4 saturated carbocycles. The van der Waals surface area contributed by atoms with E-state index in [1.807, 2.05) is 13.8 Å². The van der Waals surface area contributed by atoms with Crippen molar-refractivity contribution in [2.45, 2.75) is 62.9 Å². The highest BCUT2D eigenvalue weighted by molar-refractivity contribution is 7.85. The third-order valence-corrected chi connectivity index (χ3v) is 7.96. The van der Waals surface area contributed by atoms with E-state index in [1.165, 1.54) is 12.1 Å². The van der Waals surface area contributed by atoms with Gasteiger partial charge in [0.1, 0.15) is 15.9 Å². The molecule has 0 saturated heterocycles. The first-order chi connectivity index (χ1) is 12.4. The number of rotatable bonds is 4. The second-order valence-electron chi connectivity index (χ2n) is 9.40. The molecule has 4 bridgehead atoms. The highest BCUT2D eigenvalue weighted by Gasteiger charge is 2.64. The van der Waals surface area contributed by atoms with Crippen molar-refractivity contribution < 1.29 is 27.6 Å². The predicted octanol–water partition coefficient (Wildman–Crippen LogP) is 2.85. The van der Waals surface area contributed by atoms with Gasteiger partial charge in [-0.1, -0.05) is 0 Å². The Morgan fingerprint density at radius 3 is 2.19 bits per heavy atom. The van der Waals surface area contributed by atoms with E-state index < -0.39 is 21.1 Å². The van der Waals surface area contributed by atoms with E-state index in [-0.39, 0.29) is 22.0 Å². The van der Waals surface area contributed by atoms with Gasteiger partial charge in [-0.05, 0) is 88.5 Å². The second kappa shape index (κ2) is 5.78. The van der Waals surface area contributed by atoms with Crippen molar-refractivity contribution in [2.24, 2.45) is 22.7 Å². The van der Waals surface area contributed by atoms with Crippen LogP contribution in [0.2, 0.25) is 0 Å². The van der Waals surface area contributed by atoms with Gasteiger partial charge in [-0.15, -0.1) is 0 Å². The highest BCUT2D eigenvalue weighted by Crippen LogP contribution is 2.68. The monoisotopic (exact) mass is 393 g/mol. The number of hydrogen-bond acceptors (Lipinski definition) is 6. The number of carbonyl (C=O) groups is 1. The Morgan fingerprint density at radius 1 is 1.15 bits per heavy atom. The van der Waals surface area contributed by atoms with Crippen LogP contribution in [0, 0.1) is 22.7 Å². The van der Waals surface area contributed by atoms with Crippen LogP contribution in [-0.2, 0) is 14.9 Å². The minimum Gasteiger partial charge on any atom is -0.744 e. The zero-order valence-corrected chi connectivity index (χ0v) is 16.4. The lowest BCUT2D eigenvalue weighted by atomic mass is 9.41. The van der Waals surface area contributed by atoms with Crippen LogP contribution < -0.4 is 4.74 Å². The molecule has 0 amide bonds. The minimum atomic E-state index is -4.53. The van der Waals surface area contributed by atoms with Gasteiger partial charge in [-0.25, -0.2) is 8.42 Å². The fourth-order valence-electron chi connectivity index (χ4n) is 6.11. The van der Waals surface area contributed by atoms with E-state index in [0.717, 1.165) is 44.2 Å². The molecule has 0 radical (unpaired) electrons. The van der Waals surface area contributed by atoms with Gasteiger partial charge in [0.05, 0.1) is 15.9 Å². The Morgan fingerprint density at radius 2 is 1.70 bits per heavy atom. The molecule has 27 heavy (non-hydrogen) atoms. The molecule has 0 spiro atoms. The molecule has 148 valence electrons. The van der Waals surface area contributed by atoms with Crippen molar-refractivity contribution in [1.82, 2.24) is 0 Å². The number of esters is 1. The van der Waals surface area contributed by atoms with Crippen LogP contribution in [0.25, 0.3) is 0 Å². The van der Waals surface area contributed by atoms with Crippen molar-refractivity contribution in [1.29, 1.82) is 0 Å². The molecule has 4 aliphatic carbocycles. The molecule has 0 aliphatic heterocycles. The summed E-state index contributed by atoms with van der Waals surface area (Å²) in [6.07, 6.45) is 5.22. The summed E-state index contributed by atoms with van der Waals surface area (Å²) in [5.41, 5.74) is -1.69. The lowest BCUT2D eigenvalue weighted by Gasteiger charge is -2.64. The SMILES string of the molecule is CC(C)(O)C12CC3CC(CC(C(=O)Oc4ccc(S(=O)(=O)[O-])cc4)(C3)C1)C2. The largest absolute Gasteiger partial charge is 0.744 e. The molecular formula is C20H25O6S-. The van der Waals surface area contributed by atoms with E-state index in [2.05, 4.69) is 0 Å². The first-order valence-electron chi connectivity index (χ1n) is 9.43. The molecule has 6 nitrogen and oxygen atoms in total. The van der Waals surface area contributed by atoms with Crippen LogP contribution in [0.1, 0.15) is 52.4 Å². The quantitative estimate of drug-likeness (QED) is 0.479. The van der Waals surface area contributed by atoms with Crippen LogP contribution >= 0.6 is 0 Å². The summed E-state index contributed by atoms with van der Waals surface area (Å²) in [4.78, 5) is 12.8. The van der Waals surface area contributed by atoms with Crippen molar-refractivity contribution in [2.75, 3.05) is 0 Å². The molecule has 2 unspecified atom stereocenters. The Hall–Kier alpha value is -1.44. The lowest BCUT2D eigenvalue weighted by Crippen LogP contribution is -2.62. The fraction of sp³-hybridized carbons (Fsp3) is 0.650. The molecule has 4 aliphatic rings. The Bertz CT molecular complexity index is 851. The van der Waals surface area contributed by atoms with Gasteiger partial charge < -0.3 is 14.4 Å². The maximum absolute atomic E-state index is 13.1. The summed E-state index contributed by atoms with van der Waals surface area (Å²) in [5.74, 6) is 0.792. The van der Waals surface area contributed by atoms with Gasteiger partial charge in [0, 0.05) is 5.41 Å². The van der Waals surface area contributed by atoms with Crippen molar-refractivity contribution in [3.05, 3.63) is 24.3 Å². The third kappa shape index (κ3) is 3.09. The summed E-state index contributed by atoms with van der Waals surface area (Å²) < 4.78 is 38.7. The molecule has 4 fully saturated rings. The lowest BCUT2D eigenvalue weighted by molar-refractivity contribution is -0.204. The van der Waals surface area contributed by atoms with E-state index in [0.29, 0.717) is 18.3 Å². The van der Waals surface area contributed by atoms with E-state index >= 15 is 0 Å². The Labute approximate surface area is 159 Å². The van der Waals surface area contributed by atoms with Gasteiger partial charge in [0.15, 0.2) is 0 Å². The topological polar surface area (TPSA) is 104 Å². The van der Waals surface area contributed by atoms with E-state index in [4.69, 9.17) is 4.74 Å². The molecule has 1 aromatic rings. The summed E-state index contributed by atoms with van der Waals surface area (Å²) in [6, 6.07) is 5.00. The molecule has 1 N–H and O–H groups in total. The third-order valence-electron chi connectivity index (χ3n) is 7.11. The first-order valence-corrected chi connectivity index (χ1v) is 10.8. The minimum absolute atomic E-state index is 0.237. The fourth-order valence-corrected chi connectivity index (χ4v) is 6.58.